The maximum atomic E-state index is 11.7. The van der Waals surface area contributed by atoms with Crippen molar-refractivity contribution >= 4 is 28.7 Å². The van der Waals surface area contributed by atoms with Gasteiger partial charge in [-0.1, -0.05) is 0 Å². The van der Waals surface area contributed by atoms with Crippen LogP contribution in [0.1, 0.15) is 17.9 Å². The van der Waals surface area contributed by atoms with Crippen molar-refractivity contribution in [3.8, 4) is 0 Å². The van der Waals surface area contributed by atoms with Crippen molar-refractivity contribution in [3.05, 3.63) is 23.7 Å². The predicted octanol–water partition coefficient (Wildman–Crippen LogP) is 1.96. The highest BCUT2D eigenvalue weighted by molar-refractivity contribution is 6.16. The van der Waals surface area contributed by atoms with E-state index < -0.39 is 0 Å². The molecule has 0 saturated carbocycles. The number of fused-ring (bicyclic) bond motifs is 1. The Balaban J connectivity index is 2.34. The second-order valence-corrected chi connectivity index (χ2v) is 4.91. The molecule has 0 fully saturated rings. The fourth-order valence-electron chi connectivity index (χ4n) is 1.91. The second kappa shape index (κ2) is 5.57. The van der Waals surface area contributed by atoms with Crippen molar-refractivity contribution in [2.24, 2.45) is 0 Å². The molecule has 2 rings (SSSR count). The number of carbonyl (C=O) groups is 1. The van der Waals surface area contributed by atoms with Crippen molar-refractivity contribution in [1.82, 2.24) is 19.4 Å². The smallest absolute Gasteiger partial charge is 0.223 e. The summed E-state index contributed by atoms with van der Waals surface area (Å²) in [6, 6.07) is 3.85. The molecule has 0 aromatic carbocycles. The monoisotopic (exact) mass is 280 g/mol. The van der Waals surface area contributed by atoms with Gasteiger partial charge in [0.25, 0.3) is 0 Å². The SMILES string of the molecule is Cc1ccc2nc(CCl)n(CCC(=O)N(C)C)c2n1. The standard InChI is InChI=1S/C13H17ClN4O/c1-9-4-5-10-13(15-9)18(11(8-14)16-10)7-6-12(19)17(2)3/h4-5H,6-8H2,1-3H3. The minimum atomic E-state index is 0.0787. The molecule has 5 nitrogen and oxygen atoms in total. The zero-order chi connectivity index (χ0) is 14.0. The van der Waals surface area contributed by atoms with E-state index in [4.69, 9.17) is 11.6 Å². The molecule has 0 bridgehead atoms. The Morgan fingerprint density at radius 1 is 1.37 bits per heavy atom. The summed E-state index contributed by atoms with van der Waals surface area (Å²) >= 11 is 5.91. The van der Waals surface area contributed by atoms with Gasteiger partial charge in [-0.05, 0) is 19.1 Å². The summed E-state index contributed by atoms with van der Waals surface area (Å²) < 4.78 is 1.93. The molecule has 0 atom stereocenters. The lowest BCUT2D eigenvalue weighted by Gasteiger charge is -2.11. The lowest BCUT2D eigenvalue weighted by molar-refractivity contribution is -0.128. The van der Waals surface area contributed by atoms with Crippen LogP contribution in [0.25, 0.3) is 11.2 Å². The fourth-order valence-corrected chi connectivity index (χ4v) is 2.12. The molecule has 2 aromatic rings. The maximum absolute atomic E-state index is 11.7. The molecule has 0 saturated heterocycles. The number of imidazole rings is 1. The highest BCUT2D eigenvalue weighted by Crippen LogP contribution is 2.17. The average Bonchev–Trinajstić information content (AvgIpc) is 2.72. The maximum Gasteiger partial charge on any atom is 0.223 e. The molecular formula is C13H17ClN4O. The van der Waals surface area contributed by atoms with Gasteiger partial charge < -0.3 is 9.47 Å². The summed E-state index contributed by atoms with van der Waals surface area (Å²) in [7, 11) is 3.50. The number of pyridine rings is 1. The summed E-state index contributed by atoms with van der Waals surface area (Å²) in [5, 5.41) is 0. The first kappa shape index (κ1) is 13.8. The van der Waals surface area contributed by atoms with E-state index in [1.54, 1.807) is 19.0 Å². The van der Waals surface area contributed by atoms with Gasteiger partial charge in [0.05, 0.1) is 5.88 Å². The van der Waals surface area contributed by atoms with Crippen LogP contribution in [-0.4, -0.2) is 39.4 Å². The summed E-state index contributed by atoms with van der Waals surface area (Å²) in [6.45, 7) is 2.48. The Hall–Kier alpha value is -1.62. The number of aryl methyl sites for hydroxylation is 2. The van der Waals surface area contributed by atoms with Gasteiger partial charge in [0.1, 0.15) is 11.3 Å². The molecule has 0 N–H and O–H groups in total. The van der Waals surface area contributed by atoms with Crippen molar-refractivity contribution in [2.45, 2.75) is 25.8 Å². The van der Waals surface area contributed by atoms with E-state index in [0.29, 0.717) is 18.8 Å². The van der Waals surface area contributed by atoms with Crippen LogP contribution < -0.4 is 0 Å². The lowest BCUT2D eigenvalue weighted by Crippen LogP contribution is -2.23. The molecule has 0 radical (unpaired) electrons. The third-order valence-corrected chi connectivity index (χ3v) is 3.22. The van der Waals surface area contributed by atoms with Gasteiger partial charge in [0, 0.05) is 32.8 Å². The van der Waals surface area contributed by atoms with Crippen molar-refractivity contribution in [2.75, 3.05) is 14.1 Å². The molecule has 0 spiro atoms. The molecule has 2 heterocycles. The first-order valence-corrected chi connectivity index (χ1v) is 6.65. The van der Waals surface area contributed by atoms with E-state index >= 15 is 0 Å². The second-order valence-electron chi connectivity index (χ2n) is 4.65. The molecule has 0 aliphatic carbocycles. The first-order chi connectivity index (χ1) is 9.02. The number of halogens is 1. The normalized spacial score (nSPS) is 10.9. The van der Waals surface area contributed by atoms with Crippen molar-refractivity contribution in [3.63, 3.8) is 0 Å². The zero-order valence-corrected chi connectivity index (χ0v) is 12.1. The van der Waals surface area contributed by atoms with Gasteiger partial charge in [0.2, 0.25) is 5.91 Å². The highest BCUT2D eigenvalue weighted by Gasteiger charge is 2.13. The van der Waals surface area contributed by atoms with Gasteiger partial charge in [-0.15, -0.1) is 11.6 Å². The van der Waals surface area contributed by atoms with Crippen LogP contribution in [0.15, 0.2) is 12.1 Å². The highest BCUT2D eigenvalue weighted by atomic mass is 35.5. The summed E-state index contributed by atoms with van der Waals surface area (Å²) in [6.07, 6.45) is 0.415. The fraction of sp³-hybridized carbons (Fsp3) is 0.462. The van der Waals surface area contributed by atoms with Crippen LogP contribution in [0.3, 0.4) is 0 Å². The molecule has 1 amide bonds. The van der Waals surface area contributed by atoms with Crippen molar-refractivity contribution in [1.29, 1.82) is 0 Å². The topological polar surface area (TPSA) is 51.0 Å². The third kappa shape index (κ3) is 2.87. The molecule has 0 unspecified atom stereocenters. The van der Waals surface area contributed by atoms with Gasteiger partial charge in [-0.25, -0.2) is 9.97 Å². The van der Waals surface area contributed by atoms with Crippen LogP contribution >= 0.6 is 11.6 Å². The zero-order valence-electron chi connectivity index (χ0n) is 11.4. The number of rotatable bonds is 4. The lowest BCUT2D eigenvalue weighted by atomic mass is 10.3. The summed E-state index contributed by atoms with van der Waals surface area (Å²) in [4.78, 5) is 22.2. The largest absolute Gasteiger partial charge is 0.349 e. The summed E-state index contributed by atoms with van der Waals surface area (Å²) in [5.41, 5.74) is 2.54. The Kier molecular flexibility index (Phi) is 4.04. The first-order valence-electron chi connectivity index (χ1n) is 6.12. The van der Waals surface area contributed by atoms with E-state index in [1.807, 2.05) is 23.6 Å². The van der Waals surface area contributed by atoms with Gasteiger partial charge in [-0.2, -0.15) is 0 Å². The third-order valence-electron chi connectivity index (χ3n) is 2.98. The van der Waals surface area contributed by atoms with Crippen LogP contribution in [0.2, 0.25) is 0 Å². The Morgan fingerprint density at radius 2 is 2.11 bits per heavy atom. The van der Waals surface area contributed by atoms with Gasteiger partial charge in [-0.3, -0.25) is 4.79 Å². The molecule has 6 heteroatoms. The van der Waals surface area contributed by atoms with Crippen LogP contribution in [0, 0.1) is 6.92 Å². The number of carbonyl (C=O) groups excluding carboxylic acids is 1. The Morgan fingerprint density at radius 3 is 2.74 bits per heavy atom. The number of aromatic nitrogens is 3. The molecule has 0 aliphatic heterocycles. The van der Waals surface area contributed by atoms with Crippen molar-refractivity contribution < 1.29 is 4.79 Å². The van der Waals surface area contributed by atoms with Crippen LogP contribution in [0.5, 0.6) is 0 Å². The van der Waals surface area contributed by atoms with Gasteiger partial charge >= 0.3 is 0 Å². The van der Waals surface area contributed by atoms with E-state index in [1.165, 1.54) is 0 Å². The minimum absolute atomic E-state index is 0.0787. The number of hydrogen-bond acceptors (Lipinski definition) is 3. The van der Waals surface area contributed by atoms with E-state index in [9.17, 15) is 4.79 Å². The van der Waals surface area contributed by atoms with Gasteiger partial charge in [0.15, 0.2) is 5.65 Å². The predicted molar refractivity (Wildman–Crippen MR) is 75.1 cm³/mol. The quantitative estimate of drug-likeness (QED) is 0.805. The van der Waals surface area contributed by atoms with E-state index in [2.05, 4.69) is 9.97 Å². The average molecular weight is 281 g/mol. The number of alkyl halides is 1. The molecule has 19 heavy (non-hydrogen) atoms. The number of amides is 1. The summed E-state index contributed by atoms with van der Waals surface area (Å²) in [5.74, 6) is 1.14. The molecule has 102 valence electrons. The number of nitrogens with zero attached hydrogens (tertiary/aromatic N) is 4. The number of hydrogen-bond donors (Lipinski definition) is 0. The minimum Gasteiger partial charge on any atom is -0.349 e. The Bertz CT molecular complexity index is 606. The molecule has 2 aromatic heterocycles. The van der Waals surface area contributed by atoms with Crippen LogP contribution in [-0.2, 0) is 17.2 Å². The Labute approximate surface area is 117 Å². The molecular weight excluding hydrogens is 264 g/mol. The van der Waals surface area contributed by atoms with E-state index in [0.717, 1.165) is 22.7 Å². The van der Waals surface area contributed by atoms with Crippen LogP contribution in [0.4, 0.5) is 0 Å². The van der Waals surface area contributed by atoms with E-state index in [-0.39, 0.29) is 5.91 Å². The molecule has 0 aliphatic rings.